The van der Waals surface area contributed by atoms with E-state index in [0.29, 0.717) is 47.8 Å². The topological polar surface area (TPSA) is 123 Å². The first-order chi connectivity index (χ1) is 21.4. The molecule has 3 aromatic heterocycles. The summed E-state index contributed by atoms with van der Waals surface area (Å²) in [6, 6.07) is 10.1. The van der Waals surface area contributed by atoms with Crippen molar-refractivity contribution >= 4 is 38.4 Å². The van der Waals surface area contributed by atoms with Gasteiger partial charge < -0.3 is 19.6 Å². The molecular formula is C31H30F3N5O5S. The monoisotopic (exact) mass is 641 g/mol. The number of thiophene rings is 1. The van der Waals surface area contributed by atoms with Gasteiger partial charge in [-0.15, -0.1) is 29.6 Å². The molecule has 0 saturated heterocycles. The largest absolute Gasteiger partial charge is 0.573 e. The van der Waals surface area contributed by atoms with Crippen LogP contribution in [-0.2, 0) is 24.9 Å². The highest BCUT2D eigenvalue weighted by atomic mass is 32.1. The van der Waals surface area contributed by atoms with Crippen LogP contribution >= 0.6 is 11.3 Å². The van der Waals surface area contributed by atoms with Gasteiger partial charge in [0.2, 0.25) is 5.56 Å². The number of aromatic nitrogens is 4. The predicted octanol–water partition coefficient (Wildman–Crippen LogP) is 5.86. The third kappa shape index (κ3) is 6.25. The molecule has 0 fully saturated rings. The highest BCUT2D eigenvalue weighted by Crippen LogP contribution is 2.41. The highest BCUT2D eigenvalue weighted by molar-refractivity contribution is 7.17. The number of halogens is 3. The van der Waals surface area contributed by atoms with Crippen LogP contribution in [0, 0.1) is 6.92 Å². The van der Waals surface area contributed by atoms with Gasteiger partial charge in [0.15, 0.2) is 5.75 Å². The Kier molecular flexibility index (Phi) is 8.04. The number of benzene rings is 2. The number of fused-ring (bicyclic) bond motifs is 3. The Bertz CT molecular complexity index is 1970. The number of aromatic amines is 1. The quantitative estimate of drug-likeness (QED) is 0.216. The molecule has 0 saturated carbocycles. The minimum absolute atomic E-state index is 0.0591. The Labute approximate surface area is 259 Å². The SMILES string of the molecule is CC[C@@H]1CN(Cc2cc([C@@H](CC(=O)O)c3cc(OC(F)(F)F)c4c(nnn4C)c3C)cc3ccsc23)Cc2[nH]c(=O)ccc2O1. The van der Waals surface area contributed by atoms with Crippen molar-refractivity contribution in [3.8, 4) is 11.5 Å². The number of carbonyl (C=O) groups is 1. The van der Waals surface area contributed by atoms with E-state index in [1.165, 1.54) is 23.9 Å². The Balaban J connectivity index is 1.46. The van der Waals surface area contributed by atoms with Crippen molar-refractivity contribution in [2.24, 2.45) is 7.05 Å². The molecule has 6 rings (SSSR count). The van der Waals surface area contributed by atoms with Crippen LogP contribution in [0.3, 0.4) is 0 Å². The van der Waals surface area contributed by atoms with Crippen molar-refractivity contribution in [3.63, 3.8) is 0 Å². The number of carboxylic acid groups (broad SMARTS) is 1. The number of aliphatic carboxylic acids is 1. The van der Waals surface area contributed by atoms with E-state index in [0.717, 1.165) is 22.1 Å². The third-order valence-corrected chi connectivity index (χ3v) is 9.12. The summed E-state index contributed by atoms with van der Waals surface area (Å²) in [6.45, 7) is 5.21. The minimum atomic E-state index is -4.98. The molecule has 0 bridgehead atoms. The molecule has 1 aliphatic heterocycles. The van der Waals surface area contributed by atoms with Gasteiger partial charge in [-0.2, -0.15) is 0 Å². The number of nitrogens with zero attached hydrogens (tertiary/aromatic N) is 4. The fourth-order valence-corrected chi connectivity index (χ4v) is 6.97. The maximum Gasteiger partial charge on any atom is 0.573 e. The zero-order chi connectivity index (χ0) is 32.0. The molecule has 10 nitrogen and oxygen atoms in total. The van der Waals surface area contributed by atoms with Gasteiger partial charge in [0, 0.05) is 43.4 Å². The summed E-state index contributed by atoms with van der Waals surface area (Å²) < 4.78 is 53.3. The van der Waals surface area contributed by atoms with Crippen LogP contribution in [0.1, 0.15) is 53.6 Å². The maximum atomic E-state index is 13.5. The molecule has 0 spiro atoms. The van der Waals surface area contributed by atoms with Crippen LogP contribution in [0.25, 0.3) is 21.1 Å². The first kappa shape index (κ1) is 30.6. The lowest BCUT2D eigenvalue weighted by Gasteiger charge is -2.25. The van der Waals surface area contributed by atoms with Gasteiger partial charge in [-0.25, -0.2) is 4.68 Å². The average molecular weight is 642 g/mol. The Hall–Kier alpha value is -4.43. The van der Waals surface area contributed by atoms with E-state index >= 15 is 0 Å². The van der Waals surface area contributed by atoms with Gasteiger partial charge in [-0.3, -0.25) is 14.5 Å². The van der Waals surface area contributed by atoms with Crippen LogP contribution in [0.15, 0.2) is 46.6 Å². The van der Waals surface area contributed by atoms with Crippen molar-refractivity contribution in [1.29, 1.82) is 0 Å². The predicted molar refractivity (Wildman–Crippen MR) is 162 cm³/mol. The molecule has 0 aliphatic carbocycles. The summed E-state index contributed by atoms with van der Waals surface area (Å²) in [5.74, 6) is -1.80. The van der Waals surface area contributed by atoms with E-state index in [1.807, 2.05) is 30.5 Å². The van der Waals surface area contributed by atoms with Gasteiger partial charge in [-0.1, -0.05) is 18.2 Å². The van der Waals surface area contributed by atoms with Crippen molar-refractivity contribution < 1.29 is 32.5 Å². The molecule has 0 unspecified atom stereocenters. The third-order valence-electron chi connectivity index (χ3n) is 8.11. The standard InChI is InChI=1S/C31H30F3N5O5S/c1-4-20-14-39(15-23-24(43-20)5-6-26(40)35-23)13-19-10-18(9-17-7-8-45-30(17)19)22(12-27(41)42)21-11-25(44-31(32,33)34)29-28(16(21)2)36-37-38(29)3/h5-11,20,22H,4,12-15H2,1-3H3,(H,35,40)(H,41,42)/t20-,22-/m1/s1. The zero-order valence-electron chi connectivity index (χ0n) is 24.6. The van der Waals surface area contributed by atoms with Gasteiger partial charge in [0.05, 0.1) is 12.1 Å². The van der Waals surface area contributed by atoms with Crippen LogP contribution in [0.5, 0.6) is 11.5 Å². The van der Waals surface area contributed by atoms with E-state index in [4.69, 9.17) is 4.74 Å². The summed E-state index contributed by atoms with van der Waals surface area (Å²) in [5.41, 5.74) is 3.13. The highest BCUT2D eigenvalue weighted by Gasteiger charge is 2.34. The molecule has 14 heteroatoms. The fourth-order valence-electron chi connectivity index (χ4n) is 6.09. The summed E-state index contributed by atoms with van der Waals surface area (Å²) in [4.78, 5) is 29.4. The smallest absolute Gasteiger partial charge is 0.487 e. The second-order valence-corrected chi connectivity index (χ2v) is 12.1. The van der Waals surface area contributed by atoms with E-state index in [9.17, 15) is 27.9 Å². The van der Waals surface area contributed by atoms with Gasteiger partial charge in [0.1, 0.15) is 22.9 Å². The van der Waals surface area contributed by atoms with E-state index < -0.39 is 24.0 Å². The lowest BCUT2D eigenvalue weighted by Crippen LogP contribution is -2.32. The molecule has 236 valence electrons. The normalized spacial score (nSPS) is 16.4. The average Bonchev–Trinajstić information content (AvgIpc) is 3.56. The van der Waals surface area contributed by atoms with Gasteiger partial charge >= 0.3 is 12.3 Å². The molecule has 2 atom stereocenters. The number of carboxylic acids is 1. The van der Waals surface area contributed by atoms with Crippen LogP contribution < -0.4 is 15.0 Å². The number of rotatable bonds is 8. The summed E-state index contributed by atoms with van der Waals surface area (Å²) in [7, 11) is 1.47. The molecular weight excluding hydrogens is 611 g/mol. The summed E-state index contributed by atoms with van der Waals surface area (Å²) in [5, 5.41) is 20.8. The lowest BCUT2D eigenvalue weighted by atomic mass is 9.84. The number of H-pyrrole nitrogens is 1. The van der Waals surface area contributed by atoms with E-state index in [1.54, 1.807) is 24.3 Å². The second-order valence-electron chi connectivity index (χ2n) is 11.2. The minimum Gasteiger partial charge on any atom is -0.487 e. The number of nitrogens with one attached hydrogen (secondary N) is 1. The van der Waals surface area contributed by atoms with Gasteiger partial charge in [-0.05, 0) is 70.6 Å². The molecule has 2 N–H and O–H groups in total. The maximum absolute atomic E-state index is 13.5. The Morgan fingerprint density at radius 3 is 2.80 bits per heavy atom. The number of pyridine rings is 1. The Morgan fingerprint density at radius 1 is 1.27 bits per heavy atom. The second kappa shape index (κ2) is 11.8. The van der Waals surface area contributed by atoms with Gasteiger partial charge in [0.25, 0.3) is 0 Å². The molecule has 0 amide bonds. The number of hydrogen-bond acceptors (Lipinski definition) is 8. The van der Waals surface area contributed by atoms with Crippen molar-refractivity contribution in [3.05, 3.63) is 80.1 Å². The van der Waals surface area contributed by atoms with Crippen molar-refractivity contribution in [1.82, 2.24) is 24.9 Å². The molecule has 5 aromatic rings. The number of ether oxygens (including phenoxy) is 2. The number of alkyl halides is 3. The number of hydrogen-bond donors (Lipinski definition) is 2. The summed E-state index contributed by atoms with van der Waals surface area (Å²) in [6.07, 6.45) is -4.73. The van der Waals surface area contributed by atoms with Crippen LogP contribution in [-0.4, -0.2) is 55.0 Å². The van der Waals surface area contributed by atoms with Crippen molar-refractivity contribution in [2.75, 3.05) is 6.54 Å². The lowest BCUT2D eigenvalue weighted by molar-refractivity contribution is -0.274. The molecule has 1 aliphatic rings. The van der Waals surface area contributed by atoms with Crippen molar-refractivity contribution in [2.45, 2.75) is 58.2 Å². The molecule has 2 aromatic carbocycles. The van der Waals surface area contributed by atoms with Crippen LogP contribution in [0.4, 0.5) is 13.2 Å². The first-order valence-electron chi connectivity index (χ1n) is 14.3. The van der Waals surface area contributed by atoms with E-state index in [-0.39, 0.29) is 29.1 Å². The fraction of sp³-hybridized carbons (Fsp3) is 0.355. The van der Waals surface area contributed by atoms with Crippen LogP contribution in [0.2, 0.25) is 0 Å². The molecule has 4 heterocycles. The zero-order valence-corrected chi connectivity index (χ0v) is 25.5. The molecule has 0 radical (unpaired) electrons. The first-order valence-corrected chi connectivity index (χ1v) is 15.2. The summed E-state index contributed by atoms with van der Waals surface area (Å²) >= 11 is 1.55. The molecule has 45 heavy (non-hydrogen) atoms. The number of aryl methyl sites for hydroxylation is 2. The Morgan fingerprint density at radius 2 is 2.07 bits per heavy atom. The van der Waals surface area contributed by atoms with E-state index in [2.05, 4.69) is 24.9 Å².